The third-order valence-electron chi connectivity index (χ3n) is 4.39. The molecule has 2 aromatic carbocycles. The van der Waals surface area contributed by atoms with Crippen LogP contribution in [-0.2, 0) is 4.79 Å². The number of rotatable bonds is 6. The van der Waals surface area contributed by atoms with Crippen molar-refractivity contribution in [3.8, 4) is 5.75 Å². The van der Waals surface area contributed by atoms with E-state index in [2.05, 4.69) is 26.0 Å². The van der Waals surface area contributed by atoms with Gasteiger partial charge >= 0.3 is 6.61 Å². The molecule has 1 fully saturated rings. The smallest absolute Gasteiger partial charge is 0.387 e. The van der Waals surface area contributed by atoms with E-state index in [0.29, 0.717) is 21.3 Å². The third-order valence-corrected chi connectivity index (χ3v) is 4.89. The highest BCUT2D eigenvalue weighted by molar-refractivity contribution is 9.10. The second-order valence-electron chi connectivity index (χ2n) is 6.46. The van der Waals surface area contributed by atoms with E-state index in [1.54, 1.807) is 36.4 Å². The van der Waals surface area contributed by atoms with E-state index in [9.17, 15) is 18.4 Å². The van der Waals surface area contributed by atoms with Gasteiger partial charge in [-0.2, -0.15) is 8.78 Å². The summed E-state index contributed by atoms with van der Waals surface area (Å²) in [6, 6.07) is 11.2. The summed E-state index contributed by atoms with van der Waals surface area (Å²) < 4.78 is 30.1. The summed E-state index contributed by atoms with van der Waals surface area (Å²) in [7, 11) is 0. The lowest BCUT2D eigenvalue weighted by atomic mass is 10.1. The molecule has 1 heterocycles. The second-order valence-corrected chi connectivity index (χ2v) is 7.38. The molecule has 1 saturated heterocycles. The normalized spacial score (nSPS) is 13.9. The van der Waals surface area contributed by atoms with Crippen molar-refractivity contribution in [2.24, 2.45) is 0 Å². The van der Waals surface area contributed by atoms with Crippen molar-refractivity contribution in [2.45, 2.75) is 19.5 Å². The fraction of sp³-hybridized carbons (Fsp3) is 0.238. The van der Waals surface area contributed by atoms with E-state index in [1.165, 1.54) is 18.2 Å². The zero-order valence-corrected chi connectivity index (χ0v) is 17.0. The Morgan fingerprint density at radius 1 is 1.10 bits per heavy atom. The number of hydrogen-bond donors (Lipinski definition) is 1. The predicted octanol–water partition coefficient (Wildman–Crippen LogP) is 4.94. The van der Waals surface area contributed by atoms with Gasteiger partial charge in [0.15, 0.2) is 0 Å². The van der Waals surface area contributed by atoms with Crippen molar-refractivity contribution < 1.29 is 23.1 Å². The van der Waals surface area contributed by atoms with Crippen LogP contribution in [0.4, 0.5) is 14.5 Å². The molecule has 0 bridgehead atoms. The van der Waals surface area contributed by atoms with Crippen LogP contribution in [0.1, 0.15) is 28.8 Å². The van der Waals surface area contributed by atoms with E-state index in [-0.39, 0.29) is 11.7 Å². The number of benzene rings is 2. The summed E-state index contributed by atoms with van der Waals surface area (Å²) in [5.41, 5.74) is 1.43. The number of ether oxygens (including phenoxy) is 1. The highest BCUT2D eigenvalue weighted by Gasteiger charge is 2.19. The average molecular weight is 465 g/mol. The van der Waals surface area contributed by atoms with E-state index in [1.807, 2.05) is 4.90 Å². The van der Waals surface area contributed by atoms with Crippen molar-refractivity contribution >= 4 is 39.5 Å². The monoisotopic (exact) mass is 464 g/mol. The molecule has 29 heavy (non-hydrogen) atoms. The molecule has 0 radical (unpaired) electrons. The Kier molecular flexibility index (Phi) is 6.98. The van der Waals surface area contributed by atoms with Crippen LogP contribution in [0, 0.1) is 0 Å². The molecule has 1 N–H and O–H groups in total. The zero-order chi connectivity index (χ0) is 20.8. The van der Waals surface area contributed by atoms with Gasteiger partial charge in [-0.25, -0.2) is 0 Å². The van der Waals surface area contributed by atoms with Gasteiger partial charge in [0.25, 0.3) is 5.91 Å². The van der Waals surface area contributed by atoms with E-state index < -0.39 is 12.5 Å². The Morgan fingerprint density at radius 2 is 1.79 bits per heavy atom. The van der Waals surface area contributed by atoms with Gasteiger partial charge in [0.1, 0.15) is 5.75 Å². The second kappa shape index (κ2) is 9.65. The number of amides is 2. The van der Waals surface area contributed by atoms with Crippen LogP contribution in [0.3, 0.4) is 0 Å². The van der Waals surface area contributed by atoms with Crippen LogP contribution >= 0.6 is 15.9 Å². The molecule has 0 aliphatic carbocycles. The molecule has 8 heteroatoms. The Morgan fingerprint density at radius 3 is 2.45 bits per heavy atom. The van der Waals surface area contributed by atoms with Gasteiger partial charge in [-0.15, -0.1) is 0 Å². The van der Waals surface area contributed by atoms with Crippen LogP contribution < -0.4 is 10.1 Å². The fourth-order valence-corrected chi connectivity index (χ4v) is 3.38. The molecule has 3 rings (SSSR count). The lowest BCUT2D eigenvalue weighted by Gasteiger charge is -2.15. The molecule has 0 unspecified atom stereocenters. The molecule has 0 atom stereocenters. The van der Waals surface area contributed by atoms with Gasteiger partial charge in [0, 0.05) is 40.5 Å². The SMILES string of the molecule is O=C(/C=C/c1cc(Br)ccc1OC(F)F)Nc1ccc(C(=O)N2CCCC2)cc1. The Labute approximate surface area is 175 Å². The third kappa shape index (κ3) is 5.87. The minimum absolute atomic E-state index is 0.0125. The van der Waals surface area contributed by atoms with Crippen LogP contribution in [0.2, 0.25) is 0 Å². The Hall–Kier alpha value is -2.74. The number of carbonyl (C=O) groups is 2. The molecule has 1 aliphatic heterocycles. The fourth-order valence-electron chi connectivity index (χ4n) is 3.00. The van der Waals surface area contributed by atoms with Crippen molar-refractivity contribution in [1.82, 2.24) is 4.90 Å². The molecule has 2 amide bonds. The minimum atomic E-state index is -2.96. The number of anilines is 1. The largest absolute Gasteiger partial charge is 0.434 e. The number of hydrogen-bond acceptors (Lipinski definition) is 3. The molecule has 0 spiro atoms. The quantitative estimate of drug-likeness (QED) is 0.616. The maximum Gasteiger partial charge on any atom is 0.387 e. The van der Waals surface area contributed by atoms with Crippen molar-refractivity contribution in [3.63, 3.8) is 0 Å². The number of likely N-dealkylation sites (tertiary alicyclic amines) is 1. The van der Waals surface area contributed by atoms with Gasteiger partial charge in [-0.05, 0) is 61.4 Å². The number of halogens is 3. The molecule has 152 valence electrons. The Bertz CT molecular complexity index is 911. The molecule has 2 aromatic rings. The number of carbonyl (C=O) groups excluding carboxylic acids is 2. The Balaban J connectivity index is 1.63. The highest BCUT2D eigenvalue weighted by atomic mass is 79.9. The topological polar surface area (TPSA) is 58.6 Å². The van der Waals surface area contributed by atoms with Crippen LogP contribution in [0.25, 0.3) is 6.08 Å². The van der Waals surface area contributed by atoms with Gasteiger partial charge in [0.05, 0.1) is 0 Å². The van der Waals surface area contributed by atoms with Crippen LogP contribution in [-0.4, -0.2) is 36.4 Å². The van der Waals surface area contributed by atoms with Crippen LogP contribution in [0.15, 0.2) is 53.0 Å². The maximum atomic E-state index is 12.5. The van der Waals surface area contributed by atoms with Gasteiger partial charge in [-0.3, -0.25) is 9.59 Å². The van der Waals surface area contributed by atoms with Crippen molar-refractivity contribution in [1.29, 1.82) is 0 Å². The highest BCUT2D eigenvalue weighted by Crippen LogP contribution is 2.26. The van der Waals surface area contributed by atoms with Crippen molar-refractivity contribution in [2.75, 3.05) is 18.4 Å². The lowest BCUT2D eigenvalue weighted by molar-refractivity contribution is -0.111. The first-order valence-electron chi connectivity index (χ1n) is 9.05. The number of nitrogens with one attached hydrogen (secondary N) is 1. The van der Waals surface area contributed by atoms with Crippen LogP contribution in [0.5, 0.6) is 5.75 Å². The minimum Gasteiger partial charge on any atom is -0.434 e. The summed E-state index contributed by atoms with van der Waals surface area (Å²) in [4.78, 5) is 26.3. The lowest BCUT2D eigenvalue weighted by Crippen LogP contribution is -2.27. The number of alkyl halides is 2. The first-order chi connectivity index (χ1) is 13.9. The van der Waals surface area contributed by atoms with E-state index >= 15 is 0 Å². The average Bonchev–Trinajstić information content (AvgIpc) is 3.23. The molecular weight excluding hydrogens is 446 g/mol. The van der Waals surface area contributed by atoms with Gasteiger partial charge in [0.2, 0.25) is 5.91 Å². The standard InChI is InChI=1S/C21H19BrF2N2O3/c22-16-6-9-18(29-21(23)24)15(13-16)5-10-19(27)25-17-7-3-14(4-8-17)20(28)26-11-1-2-12-26/h3-10,13,21H,1-2,11-12H2,(H,25,27)/b10-5+. The first kappa shape index (κ1) is 21.0. The summed E-state index contributed by atoms with van der Waals surface area (Å²) >= 11 is 3.26. The molecular formula is C21H19BrF2N2O3. The summed E-state index contributed by atoms with van der Waals surface area (Å²) in [6.45, 7) is -1.41. The molecule has 0 saturated carbocycles. The predicted molar refractivity (Wildman–Crippen MR) is 110 cm³/mol. The summed E-state index contributed by atoms with van der Waals surface area (Å²) in [5.74, 6) is -0.481. The summed E-state index contributed by atoms with van der Waals surface area (Å²) in [6.07, 6.45) is 4.66. The molecule has 0 aromatic heterocycles. The molecule has 5 nitrogen and oxygen atoms in total. The van der Waals surface area contributed by atoms with Crippen molar-refractivity contribution in [3.05, 3.63) is 64.1 Å². The van der Waals surface area contributed by atoms with E-state index in [4.69, 9.17) is 0 Å². The first-order valence-corrected chi connectivity index (χ1v) is 9.84. The van der Waals surface area contributed by atoms with Gasteiger partial charge in [-0.1, -0.05) is 15.9 Å². The maximum absolute atomic E-state index is 12.5. The number of nitrogens with zero attached hydrogens (tertiary/aromatic N) is 1. The van der Waals surface area contributed by atoms with Gasteiger partial charge < -0.3 is 15.0 Å². The summed E-state index contributed by atoms with van der Waals surface area (Å²) in [5, 5.41) is 2.67. The zero-order valence-electron chi connectivity index (χ0n) is 15.4. The molecule has 1 aliphatic rings. The van der Waals surface area contributed by atoms with E-state index in [0.717, 1.165) is 25.9 Å².